The van der Waals surface area contributed by atoms with E-state index in [0.29, 0.717) is 12.4 Å². The summed E-state index contributed by atoms with van der Waals surface area (Å²) in [7, 11) is 3.93. The van der Waals surface area contributed by atoms with Gasteiger partial charge in [-0.25, -0.2) is 4.68 Å². The van der Waals surface area contributed by atoms with E-state index >= 15 is 0 Å². The van der Waals surface area contributed by atoms with Crippen LogP contribution in [0.2, 0.25) is 0 Å². The Bertz CT molecular complexity index is 1460. The minimum absolute atomic E-state index is 0.0676. The summed E-state index contributed by atoms with van der Waals surface area (Å²) >= 11 is 3.27. The minimum atomic E-state index is -0.189. The molecule has 0 spiro atoms. The molecule has 2 amide bonds. The number of hydrogen-bond acceptors (Lipinski definition) is 6. The van der Waals surface area contributed by atoms with Gasteiger partial charge in [-0.2, -0.15) is 5.10 Å². The molecule has 1 atom stereocenters. The van der Waals surface area contributed by atoms with E-state index in [4.69, 9.17) is 5.10 Å². The summed E-state index contributed by atoms with van der Waals surface area (Å²) in [5.74, 6) is 0.638. The number of thiophene rings is 1. The van der Waals surface area contributed by atoms with Crippen LogP contribution in [-0.2, 0) is 9.59 Å². The highest BCUT2D eigenvalue weighted by atomic mass is 32.2. The van der Waals surface area contributed by atoms with Crippen molar-refractivity contribution in [2.75, 3.05) is 44.4 Å². The Kier molecular flexibility index (Phi) is 8.20. The molecule has 3 heterocycles. The number of aryl methyl sites for hydroxylation is 2. The van der Waals surface area contributed by atoms with Crippen LogP contribution in [0.15, 0.2) is 66.0 Å². The number of thioether (sulfide) groups is 1. The van der Waals surface area contributed by atoms with Crippen LogP contribution < -0.4 is 10.2 Å². The summed E-state index contributed by atoms with van der Waals surface area (Å²) in [4.78, 5) is 31.7. The number of amides is 2. The predicted octanol–water partition coefficient (Wildman–Crippen LogP) is 5.06. The van der Waals surface area contributed by atoms with Gasteiger partial charge in [-0.05, 0) is 51.0 Å². The zero-order chi connectivity index (χ0) is 27.5. The number of aromatic nitrogens is 2. The van der Waals surface area contributed by atoms with E-state index in [2.05, 4.69) is 54.9 Å². The molecule has 0 radical (unpaired) electrons. The summed E-state index contributed by atoms with van der Waals surface area (Å²) in [5.41, 5.74) is 5.85. The third kappa shape index (κ3) is 5.80. The second kappa shape index (κ2) is 11.8. The second-order valence-electron chi connectivity index (χ2n) is 9.99. The van der Waals surface area contributed by atoms with Crippen LogP contribution in [0, 0.1) is 13.8 Å². The zero-order valence-electron chi connectivity index (χ0n) is 22.7. The smallest absolute Gasteiger partial charge is 0.240 e. The highest BCUT2D eigenvalue weighted by molar-refractivity contribution is 8.00. The van der Waals surface area contributed by atoms with Crippen molar-refractivity contribution in [3.63, 3.8) is 0 Å². The fraction of sp³-hybridized carbons (Fsp3) is 0.300. The summed E-state index contributed by atoms with van der Waals surface area (Å²) in [6.07, 6.45) is 0. The Morgan fingerprint density at radius 3 is 2.59 bits per heavy atom. The standard InChI is InChI=1S/C30H33N5O2S2/c1-20-12-13-23(21(2)17-20)35-30-27(28(32-35)22-9-6-5-7-10-22)29(24-11-8-16-38-24)39-19-26(37)34(30)18-25(36)31-14-15-33(3)4/h5-13,16-17,29H,14-15,18-19H2,1-4H3,(H,31,36). The Morgan fingerprint density at radius 2 is 1.90 bits per heavy atom. The van der Waals surface area contributed by atoms with E-state index in [1.807, 2.05) is 54.0 Å². The molecule has 0 aliphatic carbocycles. The first-order valence-electron chi connectivity index (χ1n) is 13.0. The maximum absolute atomic E-state index is 13.8. The van der Waals surface area contributed by atoms with E-state index in [0.717, 1.165) is 45.1 Å². The van der Waals surface area contributed by atoms with Crippen molar-refractivity contribution in [3.8, 4) is 16.9 Å². The van der Waals surface area contributed by atoms with Crippen molar-refractivity contribution >= 4 is 40.7 Å². The maximum atomic E-state index is 13.8. The topological polar surface area (TPSA) is 70.5 Å². The molecule has 0 bridgehead atoms. The molecule has 1 aliphatic heterocycles. The SMILES string of the molecule is Cc1ccc(-n2nc(-c3ccccc3)c3c2N(CC(=O)NCCN(C)C)C(=O)CSC3c2cccs2)c(C)c1. The normalized spacial score (nSPS) is 15.4. The number of hydrogen-bond donors (Lipinski definition) is 1. The average Bonchev–Trinajstić information content (AvgIpc) is 3.54. The Morgan fingerprint density at radius 1 is 1.10 bits per heavy atom. The molecule has 7 nitrogen and oxygen atoms in total. The summed E-state index contributed by atoms with van der Waals surface area (Å²) in [5, 5.41) is 10.1. The van der Waals surface area contributed by atoms with E-state index in [9.17, 15) is 9.59 Å². The van der Waals surface area contributed by atoms with Crippen LogP contribution in [0.25, 0.3) is 16.9 Å². The number of nitrogens with zero attached hydrogens (tertiary/aromatic N) is 4. The molecule has 39 heavy (non-hydrogen) atoms. The molecule has 1 aliphatic rings. The van der Waals surface area contributed by atoms with Gasteiger partial charge in [-0.15, -0.1) is 23.1 Å². The van der Waals surface area contributed by atoms with Gasteiger partial charge < -0.3 is 10.2 Å². The quantitative estimate of drug-likeness (QED) is 0.327. The van der Waals surface area contributed by atoms with Crippen LogP contribution in [0.3, 0.4) is 0 Å². The molecule has 5 rings (SSSR count). The molecule has 1 N–H and O–H groups in total. The molecular formula is C30H33N5O2S2. The number of rotatable bonds is 8. The number of benzene rings is 2. The lowest BCUT2D eigenvalue weighted by Gasteiger charge is -2.24. The second-order valence-corrected chi connectivity index (χ2v) is 12.1. The van der Waals surface area contributed by atoms with Crippen molar-refractivity contribution < 1.29 is 9.59 Å². The van der Waals surface area contributed by atoms with Crippen LogP contribution in [0.1, 0.15) is 26.8 Å². The number of carbonyl (C=O) groups excluding carboxylic acids is 2. The number of carbonyl (C=O) groups is 2. The molecule has 0 saturated heterocycles. The molecular weight excluding hydrogens is 526 g/mol. The van der Waals surface area contributed by atoms with Crippen LogP contribution in [-0.4, -0.2) is 66.0 Å². The predicted molar refractivity (Wildman–Crippen MR) is 161 cm³/mol. The molecule has 202 valence electrons. The maximum Gasteiger partial charge on any atom is 0.240 e. The lowest BCUT2D eigenvalue weighted by Crippen LogP contribution is -2.43. The minimum Gasteiger partial charge on any atom is -0.353 e. The fourth-order valence-corrected chi connectivity index (χ4v) is 7.00. The first-order valence-corrected chi connectivity index (χ1v) is 14.9. The Hall–Kier alpha value is -3.40. The molecule has 1 unspecified atom stereocenters. The number of nitrogens with one attached hydrogen (secondary N) is 1. The van der Waals surface area contributed by atoms with Crippen LogP contribution >= 0.6 is 23.1 Å². The first kappa shape index (κ1) is 27.2. The van der Waals surface area contributed by atoms with E-state index < -0.39 is 0 Å². The van der Waals surface area contributed by atoms with Gasteiger partial charge in [0.05, 0.1) is 22.4 Å². The van der Waals surface area contributed by atoms with Crippen molar-refractivity contribution in [3.05, 3.63) is 87.6 Å². The van der Waals surface area contributed by atoms with Gasteiger partial charge in [0.2, 0.25) is 11.8 Å². The third-order valence-corrected chi connectivity index (χ3v) is 9.02. The van der Waals surface area contributed by atoms with Crippen molar-refractivity contribution in [1.29, 1.82) is 0 Å². The Balaban J connectivity index is 1.72. The van der Waals surface area contributed by atoms with Crippen molar-refractivity contribution in [1.82, 2.24) is 20.0 Å². The Labute approximate surface area is 237 Å². The van der Waals surface area contributed by atoms with Gasteiger partial charge in [0.15, 0.2) is 0 Å². The highest BCUT2D eigenvalue weighted by Crippen LogP contribution is 2.49. The molecule has 0 fully saturated rings. The van der Waals surface area contributed by atoms with Gasteiger partial charge in [0.1, 0.15) is 12.4 Å². The van der Waals surface area contributed by atoms with Gasteiger partial charge in [-0.3, -0.25) is 14.5 Å². The van der Waals surface area contributed by atoms with E-state index in [-0.39, 0.29) is 29.4 Å². The van der Waals surface area contributed by atoms with Gasteiger partial charge in [-0.1, -0.05) is 54.1 Å². The van der Waals surface area contributed by atoms with E-state index in [1.165, 1.54) is 0 Å². The molecule has 0 saturated carbocycles. The van der Waals surface area contributed by atoms with Crippen LogP contribution in [0.4, 0.5) is 5.82 Å². The summed E-state index contributed by atoms with van der Waals surface area (Å²) in [6, 6.07) is 20.5. The monoisotopic (exact) mass is 559 g/mol. The number of anilines is 1. The molecule has 9 heteroatoms. The third-order valence-electron chi connectivity index (χ3n) is 6.70. The summed E-state index contributed by atoms with van der Waals surface area (Å²) in [6.45, 7) is 5.29. The van der Waals surface area contributed by atoms with Crippen molar-refractivity contribution in [2.45, 2.75) is 19.1 Å². The molecule has 2 aromatic carbocycles. The number of fused-ring (bicyclic) bond motifs is 1. The molecule has 2 aromatic heterocycles. The molecule has 4 aromatic rings. The van der Waals surface area contributed by atoms with Gasteiger partial charge in [0, 0.05) is 29.1 Å². The van der Waals surface area contributed by atoms with Crippen molar-refractivity contribution in [2.24, 2.45) is 0 Å². The lowest BCUT2D eigenvalue weighted by atomic mass is 10.0. The van der Waals surface area contributed by atoms with Gasteiger partial charge >= 0.3 is 0 Å². The first-order chi connectivity index (χ1) is 18.8. The van der Waals surface area contributed by atoms with Crippen LogP contribution in [0.5, 0.6) is 0 Å². The summed E-state index contributed by atoms with van der Waals surface area (Å²) < 4.78 is 1.88. The van der Waals surface area contributed by atoms with E-state index in [1.54, 1.807) is 28.0 Å². The largest absolute Gasteiger partial charge is 0.353 e. The van der Waals surface area contributed by atoms with Gasteiger partial charge in [0.25, 0.3) is 0 Å². The average molecular weight is 560 g/mol. The fourth-order valence-electron chi connectivity index (χ4n) is 4.82. The number of likely N-dealkylation sites (N-methyl/N-ethyl adjacent to an activating group) is 1. The highest BCUT2D eigenvalue weighted by Gasteiger charge is 2.38. The zero-order valence-corrected chi connectivity index (χ0v) is 24.3. The lowest BCUT2D eigenvalue weighted by molar-refractivity contribution is -0.122.